The first-order valence-electron chi connectivity index (χ1n) is 8.57. The van der Waals surface area contributed by atoms with Gasteiger partial charge in [0.15, 0.2) is 0 Å². The molecule has 0 aromatic rings. The molecular weight excluding hydrogens is 264 g/mol. The molecule has 4 heteroatoms. The summed E-state index contributed by atoms with van der Waals surface area (Å²) in [4.78, 5) is 14.1. The molecule has 0 radical (unpaired) electrons. The molecule has 21 heavy (non-hydrogen) atoms. The fourth-order valence-electron chi connectivity index (χ4n) is 2.98. The van der Waals surface area contributed by atoms with Crippen LogP contribution in [-0.2, 0) is 4.79 Å². The van der Waals surface area contributed by atoms with Gasteiger partial charge in [-0.2, -0.15) is 0 Å². The average Bonchev–Trinajstić information content (AvgIpc) is 3.20. The number of rotatable bonds is 11. The molecule has 1 rings (SSSR count). The molecule has 1 saturated carbocycles. The molecule has 4 nitrogen and oxygen atoms in total. The summed E-state index contributed by atoms with van der Waals surface area (Å²) in [6, 6.07) is 0.976. The van der Waals surface area contributed by atoms with Gasteiger partial charge in [-0.15, -0.1) is 0 Å². The highest BCUT2D eigenvalue weighted by Gasteiger charge is 2.38. The number of nitrogens with zero attached hydrogens (tertiary/aromatic N) is 1. The number of aliphatic carboxylic acids is 1. The summed E-state index contributed by atoms with van der Waals surface area (Å²) in [5.74, 6) is -0.110. The minimum Gasteiger partial charge on any atom is -0.480 e. The van der Waals surface area contributed by atoms with E-state index < -0.39 is 11.5 Å². The lowest BCUT2D eigenvalue weighted by molar-refractivity contribution is -0.144. The number of nitrogens with one attached hydrogen (secondary N) is 1. The third kappa shape index (κ3) is 5.95. The maximum atomic E-state index is 11.6. The van der Waals surface area contributed by atoms with E-state index in [0.29, 0.717) is 24.4 Å². The number of carboxylic acid groups (broad SMARTS) is 1. The van der Waals surface area contributed by atoms with Gasteiger partial charge in [-0.25, -0.2) is 0 Å². The summed E-state index contributed by atoms with van der Waals surface area (Å²) in [6.07, 6.45) is 5.16. The van der Waals surface area contributed by atoms with Gasteiger partial charge in [0.05, 0.1) is 0 Å². The quantitative estimate of drug-likeness (QED) is 0.615. The standard InChI is InChI=1S/C17H34N2O2/c1-6-15(7-2)19(12-13(3)4)11-10-17(5,16(20)21)18-14-8-9-14/h13-15,18H,6-12H2,1-5H3,(H,20,21). The van der Waals surface area contributed by atoms with E-state index in [0.717, 1.165) is 38.8 Å². The van der Waals surface area contributed by atoms with Crippen molar-refractivity contribution in [2.45, 2.75) is 84.3 Å². The lowest BCUT2D eigenvalue weighted by Gasteiger charge is -2.35. The molecule has 0 bridgehead atoms. The van der Waals surface area contributed by atoms with Crippen molar-refractivity contribution in [3.8, 4) is 0 Å². The van der Waals surface area contributed by atoms with E-state index in [-0.39, 0.29) is 0 Å². The van der Waals surface area contributed by atoms with Crippen LogP contribution in [0.25, 0.3) is 0 Å². The van der Waals surface area contributed by atoms with Gasteiger partial charge in [0, 0.05) is 25.2 Å². The summed E-state index contributed by atoms with van der Waals surface area (Å²) >= 11 is 0. The molecule has 0 aromatic carbocycles. The molecule has 1 fully saturated rings. The molecule has 0 amide bonds. The molecule has 2 N–H and O–H groups in total. The third-order valence-corrected chi connectivity index (χ3v) is 4.53. The maximum Gasteiger partial charge on any atom is 0.323 e. The number of hydrogen-bond acceptors (Lipinski definition) is 3. The van der Waals surface area contributed by atoms with Crippen molar-refractivity contribution in [2.24, 2.45) is 5.92 Å². The largest absolute Gasteiger partial charge is 0.480 e. The minimum absolute atomic E-state index is 0.415. The van der Waals surface area contributed by atoms with Crippen LogP contribution in [0.5, 0.6) is 0 Å². The first kappa shape index (κ1) is 18.4. The third-order valence-electron chi connectivity index (χ3n) is 4.53. The first-order valence-corrected chi connectivity index (χ1v) is 8.57. The molecular formula is C17H34N2O2. The Balaban J connectivity index is 2.64. The van der Waals surface area contributed by atoms with Gasteiger partial charge in [0.1, 0.15) is 5.54 Å². The van der Waals surface area contributed by atoms with Crippen LogP contribution >= 0.6 is 0 Å². The first-order chi connectivity index (χ1) is 9.82. The van der Waals surface area contributed by atoms with Crippen LogP contribution in [0.1, 0.15) is 66.7 Å². The Morgan fingerprint density at radius 3 is 2.29 bits per heavy atom. The Labute approximate surface area is 130 Å². The molecule has 0 saturated heterocycles. The average molecular weight is 298 g/mol. The Morgan fingerprint density at radius 2 is 1.90 bits per heavy atom. The van der Waals surface area contributed by atoms with E-state index in [2.05, 4.69) is 37.9 Å². The van der Waals surface area contributed by atoms with Crippen molar-refractivity contribution in [1.29, 1.82) is 0 Å². The van der Waals surface area contributed by atoms with Gasteiger partial charge < -0.3 is 10.0 Å². The van der Waals surface area contributed by atoms with Gasteiger partial charge in [-0.1, -0.05) is 27.7 Å². The van der Waals surface area contributed by atoms with E-state index in [9.17, 15) is 9.90 Å². The van der Waals surface area contributed by atoms with E-state index in [1.807, 2.05) is 6.92 Å². The van der Waals surface area contributed by atoms with Crippen LogP contribution in [0.4, 0.5) is 0 Å². The van der Waals surface area contributed by atoms with E-state index in [1.165, 1.54) is 0 Å². The van der Waals surface area contributed by atoms with E-state index in [1.54, 1.807) is 0 Å². The zero-order valence-electron chi connectivity index (χ0n) is 14.5. The molecule has 0 aromatic heterocycles. The molecule has 1 aliphatic carbocycles. The predicted molar refractivity (Wildman–Crippen MR) is 87.6 cm³/mol. The lowest BCUT2D eigenvalue weighted by Crippen LogP contribution is -2.53. The monoisotopic (exact) mass is 298 g/mol. The van der Waals surface area contributed by atoms with Gasteiger partial charge in [-0.3, -0.25) is 10.1 Å². The van der Waals surface area contributed by atoms with Gasteiger partial charge >= 0.3 is 5.97 Å². The molecule has 1 atom stereocenters. The van der Waals surface area contributed by atoms with Gasteiger partial charge in [0.2, 0.25) is 0 Å². The summed E-state index contributed by atoms with van der Waals surface area (Å²) in [5, 5.41) is 12.9. The number of carbonyl (C=O) groups is 1. The van der Waals surface area contributed by atoms with Crippen LogP contribution in [0.15, 0.2) is 0 Å². The normalized spacial score (nSPS) is 18.5. The summed E-state index contributed by atoms with van der Waals surface area (Å²) in [6.45, 7) is 12.6. The highest BCUT2D eigenvalue weighted by Crippen LogP contribution is 2.25. The van der Waals surface area contributed by atoms with Gasteiger partial charge in [0.25, 0.3) is 0 Å². The lowest BCUT2D eigenvalue weighted by atomic mass is 9.96. The SMILES string of the molecule is CCC(CC)N(CCC(C)(NC1CC1)C(=O)O)CC(C)C. The summed E-state index contributed by atoms with van der Waals surface area (Å²) in [7, 11) is 0. The van der Waals surface area contributed by atoms with E-state index >= 15 is 0 Å². The maximum absolute atomic E-state index is 11.6. The van der Waals surface area contributed by atoms with Crippen molar-refractivity contribution in [3.05, 3.63) is 0 Å². The Hall–Kier alpha value is -0.610. The highest BCUT2D eigenvalue weighted by atomic mass is 16.4. The van der Waals surface area contributed by atoms with Crippen LogP contribution in [0, 0.1) is 5.92 Å². The molecule has 124 valence electrons. The molecule has 0 heterocycles. The fraction of sp³-hybridized carbons (Fsp3) is 0.941. The molecule has 1 aliphatic rings. The second-order valence-corrected chi connectivity index (χ2v) is 7.16. The fourth-order valence-corrected chi connectivity index (χ4v) is 2.98. The zero-order chi connectivity index (χ0) is 16.0. The van der Waals surface area contributed by atoms with Crippen LogP contribution in [0.2, 0.25) is 0 Å². The topological polar surface area (TPSA) is 52.6 Å². The van der Waals surface area contributed by atoms with Crippen LogP contribution in [-0.4, -0.2) is 46.7 Å². The van der Waals surface area contributed by atoms with Crippen molar-refractivity contribution in [1.82, 2.24) is 10.2 Å². The number of hydrogen-bond donors (Lipinski definition) is 2. The Kier molecular flexibility index (Phi) is 7.14. The zero-order valence-corrected chi connectivity index (χ0v) is 14.5. The van der Waals surface area contributed by atoms with Gasteiger partial charge in [-0.05, 0) is 44.9 Å². The van der Waals surface area contributed by atoms with Crippen LogP contribution in [0.3, 0.4) is 0 Å². The molecule has 0 aliphatic heterocycles. The Bertz CT molecular complexity index is 325. The van der Waals surface area contributed by atoms with Crippen LogP contribution < -0.4 is 5.32 Å². The summed E-state index contributed by atoms with van der Waals surface area (Å²) < 4.78 is 0. The van der Waals surface area contributed by atoms with Crippen molar-refractivity contribution in [3.63, 3.8) is 0 Å². The minimum atomic E-state index is -0.789. The second kappa shape index (κ2) is 8.14. The number of carboxylic acids is 1. The summed E-state index contributed by atoms with van der Waals surface area (Å²) in [5.41, 5.74) is -0.789. The van der Waals surface area contributed by atoms with E-state index in [4.69, 9.17) is 0 Å². The van der Waals surface area contributed by atoms with Crippen molar-refractivity contribution < 1.29 is 9.90 Å². The van der Waals surface area contributed by atoms with Crippen molar-refractivity contribution >= 4 is 5.97 Å². The highest BCUT2D eigenvalue weighted by molar-refractivity contribution is 5.78. The molecule has 1 unspecified atom stereocenters. The predicted octanol–water partition coefficient (Wildman–Crippen LogP) is 3.12. The second-order valence-electron chi connectivity index (χ2n) is 7.16. The smallest absolute Gasteiger partial charge is 0.323 e. The van der Waals surface area contributed by atoms with Crippen molar-refractivity contribution in [2.75, 3.05) is 13.1 Å². The molecule has 0 spiro atoms. The Morgan fingerprint density at radius 1 is 1.33 bits per heavy atom.